The number of pyridine rings is 1. The molecule has 0 unspecified atom stereocenters. The molecular formula is C21H28N2O. The van der Waals surface area contributed by atoms with Gasteiger partial charge in [0.2, 0.25) is 0 Å². The zero-order valence-electron chi connectivity index (χ0n) is 15.5. The SMILES string of the molecule is COc1cccc2c(C)cc(N3C[C@@]4(C)C[C@H]3CC(C)(C)C4)nc12. The molecule has 2 fully saturated rings. The molecule has 2 atom stereocenters. The van der Waals surface area contributed by atoms with E-state index >= 15 is 0 Å². The molecule has 1 saturated carbocycles. The number of hydrogen-bond donors (Lipinski definition) is 0. The monoisotopic (exact) mass is 324 g/mol. The Morgan fingerprint density at radius 1 is 1.21 bits per heavy atom. The Morgan fingerprint density at radius 3 is 2.75 bits per heavy atom. The summed E-state index contributed by atoms with van der Waals surface area (Å²) in [5.41, 5.74) is 3.11. The van der Waals surface area contributed by atoms with Crippen molar-refractivity contribution >= 4 is 16.7 Å². The van der Waals surface area contributed by atoms with E-state index in [1.807, 2.05) is 12.1 Å². The molecule has 2 aromatic rings. The molecule has 1 aromatic heterocycles. The second-order valence-electron chi connectivity index (χ2n) is 9.00. The fourth-order valence-corrected chi connectivity index (χ4v) is 5.41. The third-order valence-corrected chi connectivity index (χ3v) is 5.92. The fourth-order valence-electron chi connectivity index (χ4n) is 5.41. The van der Waals surface area contributed by atoms with Gasteiger partial charge in [0.25, 0.3) is 0 Å². The van der Waals surface area contributed by atoms with E-state index in [2.05, 4.69) is 44.7 Å². The third kappa shape index (κ3) is 2.45. The van der Waals surface area contributed by atoms with Crippen molar-refractivity contribution in [3.8, 4) is 5.75 Å². The second-order valence-corrected chi connectivity index (χ2v) is 9.00. The zero-order valence-corrected chi connectivity index (χ0v) is 15.5. The van der Waals surface area contributed by atoms with Gasteiger partial charge >= 0.3 is 0 Å². The highest BCUT2D eigenvalue weighted by Crippen LogP contribution is 2.53. The number of nitrogens with zero attached hydrogens (tertiary/aromatic N) is 2. The summed E-state index contributed by atoms with van der Waals surface area (Å²) >= 11 is 0. The van der Waals surface area contributed by atoms with E-state index in [-0.39, 0.29) is 0 Å². The molecule has 1 aliphatic heterocycles. The number of hydrogen-bond acceptors (Lipinski definition) is 3. The molecule has 128 valence electrons. The van der Waals surface area contributed by atoms with E-state index in [1.165, 1.54) is 30.2 Å². The van der Waals surface area contributed by atoms with Crippen molar-refractivity contribution in [3.63, 3.8) is 0 Å². The Bertz CT molecular complexity index is 798. The second kappa shape index (κ2) is 5.11. The van der Waals surface area contributed by atoms with Crippen LogP contribution in [0.3, 0.4) is 0 Å². The molecule has 2 aliphatic rings. The fraction of sp³-hybridized carbons (Fsp3) is 0.571. The standard InChI is InChI=1S/C21H28N2O/c1-14-9-18(22-19-16(14)7-6-8-17(19)24-5)23-13-21(4)11-15(23)10-20(2,3)12-21/h6-9,15H,10-13H2,1-5H3/t15-,21+/m1/s1. The number of fused-ring (bicyclic) bond motifs is 3. The molecule has 1 aromatic carbocycles. The van der Waals surface area contributed by atoms with Gasteiger partial charge < -0.3 is 9.64 Å². The average molecular weight is 324 g/mol. The van der Waals surface area contributed by atoms with Crippen molar-refractivity contribution in [2.24, 2.45) is 10.8 Å². The van der Waals surface area contributed by atoms with Crippen molar-refractivity contribution < 1.29 is 4.74 Å². The van der Waals surface area contributed by atoms with Crippen LogP contribution in [0.15, 0.2) is 24.3 Å². The van der Waals surface area contributed by atoms with Gasteiger partial charge in [-0.2, -0.15) is 0 Å². The summed E-state index contributed by atoms with van der Waals surface area (Å²) in [4.78, 5) is 7.59. The number of aryl methyl sites for hydroxylation is 1. The summed E-state index contributed by atoms with van der Waals surface area (Å²) in [5, 5.41) is 1.19. The topological polar surface area (TPSA) is 25.4 Å². The number of aromatic nitrogens is 1. The zero-order chi connectivity index (χ0) is 17.1. The van der Waals surface area contributed by atoms with Gasteiger partial charge in [0.15, 0.2) is 0 Å². The lowest BCUT2D eigenvalue weighted by atomic mass is 9.65. The highest BCUT2D eigenvalue weighted by Gasteiger charge is 2.49. The van der Waals surface area contributed by atoms with Crippen LogP contribution in [0.2, 0.25) is 0 Å². The molecule has 3 heteroatoms. The van der Waals surface area contributed by atoms with Crippen molar-refractivity contribution in [2.45, 2.75) is 53.0 Å². The molecule has 1 aliphatic carbocycles. The molecular weight excluding hydrogens is 296 g/mol. The third-order valence-electron chi connectivity index (χ3n) is 5.92. The van der Waals surface area contributed by atoms with E-state index in [0.29, 0.717) is 16.9 Å². The first-order valence-corrected chi connectivity index (χ1v) is 9.01. The largest absolute Gasteiger partial charge is 0.494 e. The van der Waals surface area contributed by atoms with E-state index in [1.54, 1.807) is 7.11 Å². The summed E-state index contributed by atoms with van der Waals surface area (Å²) in [6, 6.07) is 9.06. The van der Waals surface area contributed by atoms with Gasteiger partial charge in [0, 0.05) is 18.0 Å². The van der Waals surface area contributed by atoms with E-state index < -0.39 is 0 Å². The van der Waals surface area contributed by atoms with Gasteiger partial charge in [0.05, 0.1) is 7.11 Å². The molecule has 24 heavy (non-hydrogen) atoms. The number of ether oxygens (including phenoxy) is 1. The molecule has 1 saturated heterocycles. The van der Waals surface area contributed by atoms with Crippen LogP contribution >= 0.6 is 0 Å². The highest BCUT2D eigenvalue weighted by molar-refractivity contribution is 5.89. The van der Waals surface area contributed by atoms with Gasteiger partial charge in [0.1, 0.15) is 17.1 Å². The van der Waals surface area contributed by atoms with E-state index in [4.69, 9.17) is 9.72 Å². The molecule has 0 radical (unpaired) electrons. The molecule has 0 amide bonds. The normalized spacial score (nSPS) is 28.4. The highest BCUT2D eigenvalue weighted by atomic mass is 16.5. The lowest BCUT2D eigenvalue weighted by molar-refractivity contribution is 0.136. The maximum atomic E-state index is 5.56. The Hall–Kier alpha value is -1.77. The summed E-state index contributed by atoms with van der Waals surface area (Å²) in [5.74, 6) is 1.99. The molecule has 0 spiro atoms. The van der Waals surface area contributed by atoms with Crippen LogP contribution in [0.1, 0.15) is 45.6 Å². The molecule has 2 bridgehead atoms. The number of anilines is 1. The number of methoxy groups -OCH3 is 1. The molecule has 4 rings (SSSR count). The van der Waals surface area contributed by atoms with Gasteiger partial charge in [-0.25, -0.2) is 4.98 Å². The van der Waals surface area contributed by atoms with Crippen LogP contribution < -0.4 is 9.64 Å². The smallest absolute Gasteiger partial charge is 0.145 e. The van der Waals surface area contributed by atoms with Crippen molar-refractivity contribution in [3.05, 3.63) is 29.8 Å². The first kappa shape index (κ1) is 15.7. The van der Waals surface area contributed by atoms with Gasteiger partial charge in [-0.05, 0) is 54.7 Å². The number of para-hydroxylation sites is 1. The lowest BCUT2D eigenvalue weighted by Crippen LogP contribution is -2.35. The predicted octanol–water partition coefficient (Wildman–Crippen LogP) is 4.96. The van der Waals surface area contributed by atoms with E-state index in [9.17, 15) is 0 Å². The summed E-state index contributed by atoms with van der Waals surface area (Å²) in [6.07, 6.45) is 3.86. The average Bonchev–Trinajstić information content (AvgIpc) is 2.75. The lowest BCUT2D eigenvalue weighted by Gasteiger charge is -2.39. The summed E-state index contributed by atoms with van der Waals surface area (Å²) in [6.45, 7) is 10.6. The number of benzene rings is 1. The number of rotatable bonds is 2. The molecule has 0 N–H and O–H groups in total. The van der Waals surface area contributed by atoms with Gasteiger partial charge in [-0.15, -0.1) is 0 Å². The first-order chi connectivity index (χ1) is 11.3. The Labute approximate surface area is 145 Å². The van der Waals surface area contributed by atoms with Gasteiger partial charge in [-0.3, -0.25) is 0 Å². The van der Waals surface area contributed by atoms with Crippen LogP contribution in [0.5, 0.6) is 5.75 Å². The van der Waals surface area contributed by atoms with E-state index in [0.717, 1.165) is 23.6 Å². The van der Waals surface area contributed by atoms with Gasteiger partial charge in [-0.1, -0.05) is 32.9 Å². The Morgan fingerprint density at radius 2 is 2.00 bits per heavy atom. The minimum atomic E-state index is 0.414. The first-order valence-electron chi connectivity index (χ1n) is 9.01. The molecule has 2 heterocycles. The molecule has 3 nitrogen and oxygen atoms in total. The maximum absolute atomic E-state index is 5.56. The Kier molecular flexibility index (Phi) is 3.35. The Balaban J connectivity index is 1.80. The van der Waals surface area contributed by atoms with Crippen molar-refractivity contribution in [2.75, 3.05) is 18.6 Å². The van der Waals surface area contributed by atoms with Crippen molar-refractivity contribution in [1.82, 2.24) is 4.98 Å². The quantitative estimate of drug-likeness (QED) is 0.781. The minimum Gasteiger partial charge on any atom is -0.494 e. The van der Waals surface area contributed by atoms with Crippen molar-refractivity contribution in [1.29, 1.82) is 0 Å². The predicted molar refractivity (Wildman–Crippen MR) is 99.9 cm³/mol. The maximum Gasteiger partial charge on any atom is 0.145 e. The van der Waals surface area contributed by atoms with Crippen LogP contribution in [0.4, 0.5) is 5.82 Å². The summed E-state index contributed by atoms with van der Waals surface area (Å²) in [7, 11) is 1.73. The van der Waals surface area contributed by atoms with Crippen LogP contribution in [0, 0.1) is 17.8 Å². The van der Waals surface area contributed by atoms with Crippen LogP contribution in [0.25, 0.3) is 10.9 Å². The summed E-state index contributed by atoms with van der Waals surface area (Å²) < 4.78 is 5.56. The van der Waals surface area contributed by atoms with Crippen LogP contribution in [-0.4, -0.2) is 24.7 Å². The minimum absolute atomic E-state index is 0.414. The van der Waals surface area contributed by atoms with Crippen LogP contribution in [-0.2, 0) is 0 Å².